The number of phenolic OH excluding ortho intramolecular Hbond substituents is 1. The first-order valence-electron chi connectivity index (χ1n) is 7.98. The lowest BCUT2D eigenvalue weighted by molar-refractivity contribution is -0.229. The van der Waals surface area contributed by atoms with E-state index in [0.29, 0.717) is 18.6 Å². The van der Waals surface area contributed by atoms with E-state index in [1.807, 2.05) is 6.92 Å². The van der Waals surface area contributed by atoms with E-state index in [1.54, 1.807) is 24.3 Å². The van der Waals surface area contributed by atoms with Crippen LogP contribution in [0.4, 0.5) is 0 Å². The Morgan fingerprint density at radius 1 is 1.50 bits per heavy atom. The molecular weight excluding hydrogens is 308 g/mol. The Kier molecular flexibility index (Phi) is 4.01. The minimum atomic E-state index is -1.87. The molecule has 0 bridgehead atoms. The molecule has 0 amide bonds. The maximum Gasteiger partial charge on any atom is 0.237 e. The summed E-state index contributed by atoms with van der Waals surface area (Å²) < 4.78 is 11.1. The minimum absolute atomic E-state index is 0.0292. The zero-order valence-corrected chi connectivity index (χ0v) is 13.9. The molecule has 1 aliphatic carbocycles. The van der Waals surface area contributed by atoms with E-state index < -0.39 is 23.1 Å². The molecule has 1 aliphatic heterocycles. The van der Waals surface area contributed by atoms with Crippen LogP contribution in [0.3, 0.4) is 0 Å². The standard InChI is InChI=1S/C19H22O5/c1-4-9-18-10-5-6-16(21)19(18,22)24-17(12(18)2)13-7-8-14(20)15(11-13)23-3/h4-8,11-12,17,20,22H,1,9-10H2,2-3H3/t12-,17-,18-,19-/m1/s1. The molecule has 1 aromatic rings. The van der Waals surface area contributed by atoms with E-state index in [4.69, 9.17) is 9.47 Å². The highest BCUT2D eigenvalue weighted by molar-refractivity contribution is 5.97. The van der Waals surface area contributed by atoms with Crippen LogP contribution in [0.15, 0.2) is 43.0 Å². The number of hydrogen-bond donors (Lipinski definition) is 2. The van der Waals surface area contributed by atoms with Gasteiger partial charge in [-0.2, -0.15) is 0 Å². The summed E-state index contributed by atoms with van der Waals surface area (Å²) in [4.78, 5) is 12.4. The van der Waals surface area contributed by atoms with Gasteiger partial charge in [-0.05, 0) is 42.5 Å². The second-order valence-corrected chi connectivity index (χ2v) is 6.52. The van der Waals surface area contributed by atoms with E-state index in [2.05, 4.69) is 6.58 Å². The molecule has 128 valence electrons. The smallest absolute Gasteiger partial charge is 0.237 e. The van der Waals surface area contributed by atoms with Crippen molar-refractivity contribution in [2.45, 2.75) is 31.7 Å². The molecule has 3 rings (SSSR count). The Morgan fingerprint density at radius 2 is 2.25 bits per heavy atom. The molecule has 1 heterocycles. The van der Waals surface area contributed by atoms with E-state index in [1.165, 1.54) is 19.3 Å². The van der Waals surface area contributed by atoms with Gasteiger partial charge < -0.3 is 19.7 Å². The number of allylic oxidation sites excluding steroid dienone is 2. The molecule has 2 N–H and O–H groups in total. The van der Waals surface area contributed by atoms with Crippen molar-refractivity contribution < 1.29 is 24.5 Å². The largest absolute Gasteiger partial charge is 0.504 e. The van der Waals surface area contributed by atoms with Gasteiger partial charge in [0.15, 0.2) is 11.5 Å². The maximum atomic E-state index is 12.4. The fourth-order valence-corrected chi connectivity index (χ4v) is 4.01. The lowest BCUT2D eigenvalue weighted by Gasteiger charge is -2.42. The number of methoxy groups -OCH3 is 1. The molecule has 0 saturated carbocycles. The normalized spacial score (nSPS) is 34.9. The monoisotopic (exact) mass is 330 g/mol. The van der Waals surface area contributed by atoms with Crippen molar-refractivity contribution in [1.29, 1.82) is 0 Å². The Morgan fingerprint density at radius 3 is 2.92 bits per heavy atom. The molecule has 0 radical (unpaired) electrons. The van der Waals surface area contributed by atoms with Gasteiger partial charge in [-0.25, -0.2) is 0 Å². The Bertz CT molecular complexity index is 710. The first-order valence-corrected chi connectivity index (χ1v) is 7.98. The van der Waals surface area contributed by atoms with Crippen LogP contribution in [-0.4, -0.2) is 28.9 Å². The van der Waals surface area contributed by atoms with Gasteiger partial charge in [-0.1, -0.05) is 25.1 Å². The van der Waals surface area contributed by atoms with Crippen LogP contribution >= 0.6 is 0 Å². The van der Waals surface area contributed by atoms with Crippen LogP contribution in [0, 0.1) is 11.3 Å². The molecule has 4 atom stereocenters. The van der Waals surface area contributed by atoms with E-state index in [0.717, 1.165) is 5.56 Å². The number of benzene rings is 1. The number of rotatable bonds is 4. The van der Waals surface area contributed by atoms with Gasteiger partial charge in [-0.15, -0.1) is 6.58 Å². The van der Waals surface area contributed by atoms with Gasteiger partial charge in [-0.3, -0.25) is 4.79 Å². The molecule has 1 aromatic carbocycles. The van der Waals surface area contributed by atoms with Crippen molar-refractivity contribution >= 4 is 5.78 Å². The van der Waals surface area contributed by atoms with E-state index in [-0.39, 0.29) is 11.7 Å². The Labute approximate surface area is 141 Å². The average Bonchev–Trinajstić information content (AvgIpc) is 2.79. The van der Waals surface area contributed by atoms with Gasteiger partial charge in [0.05, 0.1) is 13.2 Å². The quantitative estimate of drug-likeness (QED) is 0.830. The number of hydrogen-bond acceptors (Lipinski definition) is 5. The molecule has 0 unspecified atom stereocenters. The first kappa shape index (κ1) is 16.7. The number of carbonyl (C=O) groups is 1. The molecule has 0 spiro atoms. The molecule has 24 heavy (non-hydrogen) atoms. The summed E-state index contributed by atoms with van der Waals surface area (Å²) >= 11 is 0. The van der Waals surface area contributed by atoms with E-state index in [9.17, 15) is 15.0 Å². The number of aromatic hydroxyl groups is 1. The predicted molar refractivity (Wildman–Crippen MR) is 88.6 cm³/mol. The second-order valence-electron chi connectivity index (χ2n) is 6.52. The average molecular weight is 330 g/mol. The summed E-state index contributed by atoms with van der Waals surface area (Å²) in [7, 11) is 1.47. The van der Waals surface area contributed by atoms with Crippen molar-refractivity contribution in [3.63, 3.8) is 0 Å². The topological polar surface area (TPSA) is 76.0 Å². The molecule has 1 fully saturated rings. The number of phenols is 1. The Hall–Kier alpha value is -2.11. The summed E-state index contributed by atoms with van der Waals surface area (Å²) in [6.07, 6.45) is 5.40. The predicted octanol–water partition coefficient (Wildman–Crippen LogP) is 2.89. The lowest BCUT2D eigenvalue weighted by Crippen LogP contribution is -2.54. The van der Waals surface area contributed by atoms with Gasteiger partial charge in [0.1, 0.15) is 0 Å². The zero-order valence-electron chi connectivity index (χ0n) is 13.9. The number of aliphatic hydroxyl groups is 1. The van der Waals surface area contributed by atoms with Crippen molar-refractivity contribution in [1.82, 2.24) is 0 Å². The molecule has 5 heteroatoms. The van der Waals surface area contributed by atoms with Crippen LogP contribution in [0.1, 0.15) is 31.4 Å². The second kappa shape index (κ2) is 5.76. The lowest BCUT2D eigenvalue weighted by atomic mass is 9.62. The van der Waals surface area contributed by atoms with Crippen molar-refractivity contribution in [3.05, 3.63) is 48.6 Å². The van der Waals surface area contributed by atoms with Gasteiger partial charge in [0.25, 0.3) is 0 Å². The van der Waals surface area contributed by atoms with Crippen LogP contribution in [0.2, 0.25) is 0 Å². The molecule has 0 aromatic heterocycles. The maximum absolute atomic E-state index is 12.4. The number of ether oxygens (including phenoxy) is 2. The third kappa shape index (κ3) is 2.12. The van der Waals surface area contributed by atoms with Crippen molar-refractivity contribution in [3.8, 4) is 11.5 Å². The van der Waals surface area contributed by atoms with Gasteiger partial charge >= 0.3 is 0 Å². The summed E-state index contributed by atoms with van der Waals surface area (Å²) in [6.45, 7) is 5.75. The summed E-state index contributed by atoms with van der Waals surface area (Å²) in [6, 6.07) is 4.92. The van der Waals surface area contributed by atoms with Gasteiger partial charge in [0, 0.05) is 5.41 Å². The fourth-order valence-electron chi connectivity index (χ4n) is 4.01. The first-order chi connectivity index (χ1) is 11.4. The molecule has 2 aliphatic rings. The van der Waals surface area contributed by atoms with E-state index >= 15 is 0 Å². The van der Waals surface area contributed by atoms with Gasteiger partial charge in [0.2, 0.25) is 11.6 Å². The highest BCUT2D eigenvalue weighted by atomic mass is 16.6. The minimum Gasteiger partial charge on any atom is -0.504 e. The molecular formula is C19H22O5. The fraction of sp³-hybridized carbons (Fsp3) is 0.421. The van der Waals surface area contributed by atoms with Crippen LogP contribution in [0.5, 0.6) is 11.5 Å². The summed E-state index contributed by atoms with van der Waals surface area (Å²) in [5, 5.41) is 20.9. The number of carbonyl (C=O) groups excluding carboxylic acids is 1. The van der Waals surface area contributed by atoms with Crippen LogP contribution in [-0.2, 0) is 9.53 Å². The number of fused-ring (bicyclic) bond motifs is 1. The van der Waals surface area contributed by atoms with Crippen LogP contribution < -0.4 is 4.74 Å². The summed E-state index contributed by atoms with van der Waals surface area (Å²) in [5.74, 6) is -2.08. The third-order valence-electron chi connectivity index (χ3n) is 5.42. The number of ketones is 1. The molecule has 5 nitrogen and oxygen atoms in total. The van der Waals surface area contributed by atoms with Crippen LogP contribution in [0.25, 0.3) is 0 Å². The van der Waals surface area contributed by atoms with Crippen molar-refractivity contribution in [2.75, 3.05) is 7.11 Å². The Balaban J connectivity index is 2.07. The molecule has 1 saturated heterocycles. The van der Waals surface area contributed by atoms with Crippen molar-refractivity contribution in [2.24, 2.45) is 11.3 Å². The third-order valence-corrected chi connectivity index (χ3v) is 5.42. The zero-order chi connectivity index (χ0) is 17.5. The summed E-state index contributed by atoms with van der Waals surface area (Å²) in [5.41, 5.74) is -0.00711. The highest BCUT2D eigenvalue weighted by Crippen LogP contribution is 2.61. The SMILES string of the molecule is C=CC[C@]12CC=CC(=O)[C@@]1(O)O[C@@H](c1ccc(O)c(OC)c1)[C@H]2C. The highest BCUT2D eigenvalue weighted by Gasteiger charge is 2.66.